The third-order valence-electron chi connectivity index (χ3n) is 3.14. The second kappa shape index (κ2) is 6.74. The maximum atomic E-state index is 12.2. The number of nitrogens with one attached hydrogen (secondary N) is 1. The van der Waals surface area contributed by atoms with Gasteiger partial charge < -0.3 is 14.8 Å². The number of benzene rings is 1. The van der Waals surface area contributed by atoms with Gasteiger partial charge in [-0.3, -0.25) is 4.79 Å². The summed E-state index contributed by atoms with van der Waals surface area (Å²) in [4.78, 5) is 23.3. The zero-order valence-corrected chi connectivity index (χ0v) is 11.7. The Labute approximate surface area is 122 Å². The number of carbonyl (C=O) groups is 2. The van der Waals surface area contributed by atoms with Crippen molar-refractivity contribution >= 4 is 11.9 Å². The van der Waals surface area contributed by atoms with Crippen LogP contribution in [0.4, 0.5) is 0 Å². The van der Waals surface area contributed by atoms with Crippen LogP contribution in [0.1, 0.15) is 30.3 Å². The molecule has 0 unspecified atom stereocenters. The first kappa shape index (κ1) is 14.8. The summed E-state index contributed by atoms with van der Waals surface area (Å²) in [6.45, 7) is 1.87. The van der Waals surface area contributed by atoms with E-state index in [9.17, 15) is 9.59 Å². The van der Waals surface area contributed by atoms with Gasteiger partial charge in [0.25, 0.3) is 5.91 Å². The SMILES string of the molecule is CCC[C@H](NC(=O)c1occc1-c1ccccc1)C(=O)O. The highest BCUT2D eigenvalue weighted by Crippen LogP contribution is 2.24. The fourth-order valence-corrected chi connectivity index (χ4v) is 2.10. The van der Waals surface area contributed by atoms with Gasteiger partial charge in [-0.15, -0.1) is 0 Å². The third kappa shape index (κ3) is 3.51. The number of rotatable bonds is 6. The Morgan fingerprint density at radius 3 is 2.57 bits per heavy atom. The van der Waals surface area contributed by atoms with Crippen molar-refractivity contribution in [2.45, 2.75) is 25.8 Å². The molecule has 0 spiro atoms. The fourth-order valence-electron chi connectivity index (χ4n) is 2.10. The van der Waals surface area contributed by atoms with Crippen molar-refractivity contribution in [2.75, 3.05) is 0 Å². The molecule has 0 aliphatic carbocycles. The highest BCUT2D eigenvalue weighted by molar-refractivity contribution is 5.99. The van der Waals surface area contributed by atoms with Crippen LogP contribution in [0, 0.1) is 0 Å². The van der Waals surface area contributed by atoms with E-state index >= 15 is 0 Å². The summed E-state index contributed by atoms with van der Waals surface area (Å²) < 4.78 is 5.23. The van der Waals surface area contributed by atoms with Crippen LogP contribution in [0.15, 0.2) is 47.1 Å². The minimum absolute atomic E-state index is 0.128. The molecule has 0 aliphatic heterocycles. The highest BCUT2D eigenvalue weighted by atomic mass is 16.4. The predicted molar refractivity (Wildman–Crippen MR) is 77.9 cm³/mol. The quantitative estimate of drug-likeness (QED) is 0.856. The van der Waals surface area contributed by atoms with E-state index in [4.69, 9.17) is 9.52 Å². The topological polar surface area (TPSA) is 79.5 Å². The zero-order chi connectivity index (χ0) is 15.2. The third-order valence-corrected chi connectivity index (χ3v) is 3.14. The van der Waals surface area contributed by atoms with Gasteiger partial charge in [0.15, 0.2) is 5.76 Å². The molecule has 21 heavy (non-hydrogen) atoms. The minimum atomic E-state index is -1.04. The molecule has 2 N–H and O–H groups in total. The average molecular weight is 287 g/mol. The average Bonchev–Trinajstić information content (AvgIpc) is 2.97. The monoisotopic (exact) mass is 287 g/mol. The second-order valence-corrected chi connectivity index (χ2v) is 4.68. The van der Waals surface area contributed by atoms with E-state index < -0.39 is 17.9 Å². The van der Waals surface area contributed by atoms with Gasteiger partial charge in [-0.05, 0) is 18.1 Å². The lowest BCUT2D eigenvalue weighted by Gasteiger charge is -2.13. The summed E-state index contributed by atoms with van der Waals surface area (Å²) in [6.07, 6.45) is 2.47. The van der Waals surface area contributed by atoms with Crippen molar-refractivity contribution in [3.8, 4) is 11.1 Å². The molecular formula is C16H17NO4. The van der Waals surface area contributed by atoms with Gasteiger partial charge in [0, 0.05) is 5.56 Å². The van der Waals surface area contributed by atoms with Crippen LogP contribution in [0.25, 0.3) is 11.1 Å². The van der Waals surface area contributed by atoms with Crippen molar-refractivity contribution in [3.63, 3.8) is 0 Å². The molecule has 1 heterocycles. The van der Waals surface area contributed by atoms with Gasteiger partial charge in [0.2, 0.25) is 0 Å². The molecule has 2 rings (SSSR count). The molecule has 2 aromatic rings. The van der Waals surface area contributed by atoms with E-state index in [0.29, 0.717) is 18.4 Å². The Bertz CT molecular complexity index is 618. The molecular weight excluding hydrogens is 270 g/mol. The molecule has 0 radical (unpaired) electrons. The summed E-state index contributed by atoms with van der Waals surface area (Å²) in [7, 11) is 0. The maximum absolute atomic E-state index is 12.2. The predicted octanol–water partition coefficient (Wildman–Crippen LogP) is 2.93. The van der Waals surface area contributed by atoms with Crippen molar-refractivity contribution in [3.05, 3.63) is 48.4 Å². The lowest BCUT2D eigenvalue weighted by atomic mass is 10.1. The largest absolute Gasteiger partial charge is 0.480 e. The number of aliphatic carboxylic acids is 1. The Balaban J connectivity index is 2.21. The number of hydrogen-bond acceptors (Lipinski definition) is 3. The molecule has 5 heteroatoms. The summed E-state index contributed by atoms with van der Waals surface area (Å²) in [6, 6.07) is 10.1. The van der Waals surface area contributed by atoms with E-state index in [1.807, 2.05) is 37.3 Å². The van der Waals surface area contributed by atoms with Gasteiger partial charge in [-0.25, -0.2) is 4.79 Å². The summed E-state index contributed by atoms with van der Waals surface area (Å²) in [5, 5.41) is 11.6. The Kier molecular flexibility index (Phi) is 4.77. The van der Waals surface area contributed by atoms with Crippen LogP contribution in [0.5, 0.6) is 0 Å². The van der Waals surface area contributed by atoms with Crippen LogP contribution in [-0.4, -0.2) is 23.0 Å². The molecule has 1 aromatic heterocycles. The number of amides is 1. The van der Waals surface area contributed by atoms with Crippen LogP contribution >= 0.6 is 0 Å². The molecule has 1 amide bonds. The normalized spacial score (nSPS) is 11.9. The minimum Gasteiger partial charge on any atom is -0.480 e. The number of hydrogen-bond donors (Lipinski definition) is 2. The first-order valence-corrected chi connectivity index (χ1v) is 6.80. The first-order valence-electron chi connectivity index (χ1n) is 6.80. The lowest BCUT2D eigenvalue weighted by molar-refractivity contribution is -0.139. The van der Waals surface area contributed by atoms with Crippen LogP contribution < -0.4 is 5.32 Å². The van der Waals surface area contributed by atoms with Gasteiger partial charge in [0.1, 0.15) is 6.04 Å². The number of carboxylic acid groups (broad SMARTS) is 1. The highest BCUT2D eigenvalue weighted by Gasteiger charge is 2.23. The van der Waals surface area contributed by atoms with E-state index in [2.05, 4.69) is 5.32 Å². The molecule has 0 saturated carbocycles. The van der Waals surface area contributed by atoms with Crippen LogP contribution in [-0.2, 0) is 4.79 Å². The molecule has 1 atom stereocenters. The van der Waals surface area contributed by atoms with Gasteiger partial charge in [0.05, 0.1) is 6.26 Å². The van der Waals surface area contributed by atoms with Gasteiger partial charge in [-0.1, -0.05) is 43.7 Å². The maximum Gasteiger partial charge on any atom is 0.326 e. The molecule has 0 bridgehead atoms. The molecule has 0 saturated heterocycles. The molecule has 5 nitrogen and oxygen atoms in total. The zero-order valence-electron chi connectivity index (χ0n) is 11.7. The van der Waals surface area contributed by atoms with E-state index in [1.165, 1.54) is 6.26 Å². The van der Waals surface area contributed by atoms with Gasteiger partial charge in [-0.2, -0.15) is 0 Å². The van der Waals surface area contributed by atoms with E-state index in [-0.39, 0.29) is 5.76 Å². The molecule has 0 fully saturated rings. The Morgan fingerprint density at radius 1 is 1.24 bits per heavy atom. The summed E-state index contributed by atoms with van der Waals surface area (Å²) in [5.41, 5.74) is 1.49. The smallest absolute Gasteiger partial charge is 0.326 e. The molecule has 110 valence electrons. The van der Waals surface area contributed by atoms with Crippen LogP contribution in [0.3, 0.4) is 0 Å². The summed E-state index contributed by atoms with van der Waals surface area (Å²) in [5.74, 6) is -1.43. The standard InChI is InChI=1S/C16H17NO4/c1-2-6-13(16(19)20)17-15(18)14-12(9-10-21-14)11-7-4-3-5-8-11/h3-5,7-10,13H,2,6H2,1H3,(H,17,18)(H,19,20)/t13-/m0/s1. The van der Waals surface area contributed by atoms with E-state index in [0.717, 1.165) is 5.56 Å². The lowest BCUT2D eigenvalue weighted by Crippen LogP contribution is -2.40. The second-order valence-electron chi connectivity index (χ2n) is 4.68. The Morgan fingerprint density at radius 2 is 1.95 bits per heavy atom. The molecule has 0 aliphatic rings. The van der Waals surface area contributed by atoms with Crippen molar-refractivity contribution in [1.29, 1.82) is 0 Å². The molecule has 1 aromatic carbocycles. The number of carbonyl (C=O) groups excluding carboxylic acids is 1. The van der Waals surface area contributed by atoms with E-state index in [1.54, 1.807) is 6.07 Å². The van der Waals surface area contributed by atoms with Crippen molar-refractivity contribution < 1.29 is 19.1 Å². The van der Waals surface area contributed by atoms with Gasteiger partial charge >= 0.3 is 5.97 Å². The fraction of sp³-hybridized carbons (Fsp3) is 0.250. The van der Waals surface area contributed by atoms with Crippen molar-refractivity contribution in [2.24, 2.45) is 0 Å². The summed E-state index contributed by atoms with van der Waals surface area (Å²) >= 11 is 0. The van der Waals surface area contributed by atoms with Crippen molar-refractivity contribution in [1.82, 2.24) is 5.32 Å². The number of furan rings is 1. The van der Waals surface area contributed by atoms with Crippen LogP contribution in [0.2, 0.25) is 0 Å². The first-order chi connectivity index (χ1) is 10.1. The number of carboxylic acids is 1. The Hall–Kier alpha value is -2.56.